The topological polar surface area (TPSA) is 385 Å². The molecule has 48 heavy (non-hydrogen) atoms. The van der Waals surface area contributed by atoms with Crippen LogP contribution >= 0.6 is 0 Å². The van der Waals surface area contributed by atoms with E-state index in [-0.39, 0.29) is 93.4 Å². The summed E-state index contributed by atoms with van der Waals surface area (Å²) in [7, 11) is 0. The summed E-state index contributed by atoms with van der Waals surface area (Å²) in [5.41, 5.74) is -7.15. The summed E-state index contributed by atoms with van der Waals surface area (Å²) in [5, 5.41) is 83.6. The zero-order valence-electron chi connectivity index (χ0n) is 23.9. The minimum atomic E-state index is -2.24. The maximum absolute atomic E-state index is 10.7. The van der Waals surface area contributed by atoms with E-state index >= 15 is 0 Å². The fourth-order valence-electron chi connectivity index (χ4n) is 3.48. The molecule has 24 heteroatoms. The van der Waals surface area contributed by atoms with Crippen LogP contribution in [-0.2, 0) is 28.8 Å². The Bertz CT molecular complexity index is 1330. The Morgan fingerprint density at radius 2 is 0.688 bits per heavy atom. The van der Waals surface area contributed by atoms with Gasteiger partial charge in [0.25, 0.3) is 0 Å². The van der Waals surface area contributed by atoms with Gasteiger partial charge < -0.3 is 36.1 Å². The Labute approximate surface area is 321 Å². The summed E-state index contributed by atoms with van der Waals surface area (Å²) >= 11 is 0. The first-order valence-electron chi connectivity index (χ1n) is 11.7. The molecule has 3 aliphatic rings. The van der Waals surface area contributed by atoms with Gasteiger partial charge in [0.15, 0.2) is 0 Å². The molecule has 0 spiro atoms. The van der Waals surface area contributed by atoms with Crippen LogP contribution in [-0.4, -0.2) is 103 Å². The number of carboxylic acids is 6. The molecular formula is C24H23La2N3O19. The minimum absolute atomic E-state index is 0. The average Bonchev–Trinajstić information content (AvgIpc) is 2.97. The SMILES string of the molecule is O.O=C(O)C1=CCC(C(=O)O)([N+](=O)[O-])C=C1.O=C(O)C1=CCC(C(=O)O)([N+](=O)[O-])C=C1.O=C(O)C1=CCC(C(=O)O)([N+](=O)[O-])C=C1.[La].[La]. The van der Waals surface area contributed by atoms with Crippen molar-refractivity contribution in [1.29, 1.82) is 0 Å². The van der Waals surface area contributed by atoms with Crippen molar-refractivity contribution in [2.45, 2.75) is 35.9 Å². The summed E-state index contributed by atoms with van der Waals surface area (Å²) in [6.45, 7) is 0. The predicted octanol–water partition coefficient (Wildman–Crippen LogP) is -0.652. The molecule has 3 rings (SSSR count). The van der Waals surface area contributed by atoms with E-state index in [9.17, 15) is 59.1 Å². The van der Waals surface area contributed by atoms with Crippen LogP contribution in [0.3, 0.4) is 0 Å². The van der Waals surface area contributed by atoms with Gasteiger partial charge in [-0.15, -0.1) is 0 Å². The maximum Gasteiger partial charge on any atom is 0.387 e. The van der Waals surface area contributed by atoms with Crippen LogP contribution in [0.5, 0.6) is 0 Å². The normalized spacial score (nSPS) is 22.9. The molecule has 8 N–H and O–H groups in total. The van der Waals surface area contributed by atoms with Crippen molar-refractivity contribution in [3.63, 3.8) is 0 Å². The smallest absolute Gasteiger partial charge is 0.387 e. The van der Waals surface area contributed by atoms with Crippen molar-refractivity contribution in [1.82, 2.24) is 0 Å². The van der Waals surface area contributed by atoms with Crippen LogP contribution in [0.15, 0.2) is 71.4 Å². The molecule has 0 saturated carbocycles. The Morgan fingerprint density at radius 3 is 0.771 bits per heavy atom. The fraction of sp³-hybridized carbons (Fsp3) is 0.250. The van der Waals surface area contributed by atoms with Crippen LogP contribution in [0.2, 0.25) is 0 Å². The van der Waals surface area contributed by atoms with Gasteiger partial charge in [0.2, 0.25) is 0 Å². The number of hydrogen-bond donors (Lipinski definition) is 6. The zero-order chi connectivity index (χ0) is 34.9. The van der Waals surface area contributed by atoms with Gasteiger partial charge in [0.1, 0.15) is 0 Å². The molecule has 0 aliphatic heterocycles. The van der Waals surface area contributed by atoms with Gasteiger partial charge in [-0.05, 0) is 18.2 Å². The molecule has 22 nitrogen and oxygen atoms in total. The number of carboxylic acid groups (broad SMARTS) is 6. The van der Waals surface area contributed by atoms with Crippen LogP contribution in [0.4, 0.5) is 0 Å². The van der Waals surface area contributed by atoms with E-state index in [1.807, 2.05) is 0 Å². The Morgan fingerprint density at radius 1 is 0.500 bits per heavy atom. The average molecular weight is 935 g/mol. The third-order valence-corrected chi connectivity index (χ3v) is 6.34. The molecule has 0 aromatic heterocycles. The van der Waals surface area contributed by atoms with Gasteiger partial charge >= 0.3 is 52.4 Å². The number of carbonyl (C=O) groups is 6. The fourth-order valence-corrected chi connectivity index (χ4v) is 3.48. The first kappa shape index (κ1) is 48.2. The van der Waals surface area contributed by atoms with Crippen LogP contribution in [0, 0.1) is 102 Å². The second-order valence-electron chi connectivity index (χ2n) is 8.97. The van der Waals surface area contributed by atoms with Crippen LogP contribution in [0.1, 0.15) is 19.3 Å². The summed E-state index contributed by atoms with van der Waals surface area (Å²) in [4.78, 5) is 92.5. The summed E-state index contributed by atoms with van der Waals surface area (Å²) in [6, 6.07) is 0. The van der Waals surface area contributed by atoms with E-state index in [1.54, 1.807) is 0 Å². The molecule has 3 atom stereocenters. The number of rotatable bonds is 9. The van der Waals surface area contributed by atoms with Gasteiger partial charge in [0.05, 0.1) is 36.0 Å². The van der Waals surface area contributed by atoms with E-state index in [1.165, 1.54) is 0 Å². The van der Waals surface area contributed by atoms with E-state index in [4.69, 9.17) is 30.6 Å². The molecule has 254 valence electrons. The first-order chi connectivity index (χ1) is 20.7. The Kier molecular flexibility index (Phi) is 19.7. The molecule has 0 amide bonds. The number of aliphatic carboxylic acids is 6. The van der Waals surface area contributed by atoms with Crippen molar-refractivity contribution in [3.05, 3.63) is 102 Å². The quantitative estimate of drug-likeness (QED) is 0.124. The van der Waals surface area contributed by atoms with E-state index < -0.39 is 86.5 Å². The summed E-state index contributed by atoms with van der Waals surface area (Å²) in [5.74, 6) is -8.55. The molecule has 0 heterocycles. The standard InChI is InChI=1S/3C8H7NO6.2La.H2O/c3*10-6(11)5-1-3-8(4-2-5,7(12)13)9(14)15;;;/h3*1-3H,4H2,(H,10,11)(H,12,13);;;1H2. The molecule has 0 bridgehead atoms. The van der Waals surface area contributed by atoms with Gasteiger partial charge in [-0.25, -0.2) is 28.8 Å². The summed E-state index contributed by atoms with van der Waals surface area (Å²) < 4.78 is 0. The molecule has 3 aliphatic carbocycles. The molecule has 0 saturated heterocycles. The van der Waals surface area contributed by atoms with Gasteiger partial charge in [-0.2, -0.15) is 0 Å². The predicted molar refractivity (Wildman–Crippen MR) is 144 cm³/mol. The Hall–Kier alpha value is -4.19. The van der Waals surface area contributed by atoms with E-state index in [0.29, 0.717) is 0 Å². The van der Waals surface area contributed by atoms with E-state index in [0.717, 1.165) is 54.7 Å². The van der Waals surface area contributed by atoms with Crippen molar-refractivity contribution < 1.29 is 151 Å². The van der Waals surface area contributed by atoms with Crippen molar-refractivity contribution in [2.75, 3.05) is 0 Å². The molecule has 3 unspecified atom stereocenters. The second kappa shape index (κ2) is 19.6. The maximum atomic E-state index is 10.7. The van der Waals surface area contributed by atoms with E-state index in [2.05, 4.69) is 0 Å². The van der Waals surface area contributed by atoms with Gasteiger partial charge in [0, 0.05) is 104 Å². The number of nitrogens with zero attached hydrogens (tertiary/aromatic N) is 3. The van der Waals surface area contributed by atoms with Crippen LogP contribution in [0.25, 0.3) is 0 Å². The number of hydrogen-bond acceptors (Lipinski definition) is 12. The molecule has 0 aromatic rings. The molecule has 2 radical (unpaired) electrons. The third-order valence-electron chi connectivity index (χ3n) is 6.34. The Balaban J connectivity index is -0.000000614. The van der Waals surface area contributed by atoms with Crippen molar-refractivity contribution in [3.8, 4) is 0 Å². The monoisotopic (exact) mass is 935 g/mol. The third kappa shape index (κ3) is 10.9. The minimum Gasteiger partial charge on any atom is -0.478 e. The second-order valence-corrected chi connectivity index (χ2v) is 8.97. The molecule has 0 fully saturated rings. The first-order valence-corrected chi connectivity index (χ1v) is 11.7. The summed E-state index contributed by atoms with van der Waals surface area (Å²) in [6.07, 6.45) is 6.86. The molecular weight excluding hydrogens is 912 g/mol. The zero-order valence-corrected chi connectivity index (χ0v) is 31.1. The number of nitro groups is 3. The largest absolute Gasteiger partial charge is 0.478 e. The van der Waals surface area contributed by atoms with Crippen molar-refractivity contribution in [2.24, 2.45) is 0 Å². The van der Waals surface area contributed by atoms with Gasteiger partial charge in [-0.3, -0.25) is 30.3 Å². The van der Waals surface area contributed by atoms with Gasteiger partial charge in [-0.1, -0.05) is 18.2 Å². The molecule has 0 aromatic carbocycles. The van der Waals surface area contributed by atoms with Crippen LogP contribution < -0.4 is 0 Å². The van der Waals surface area contributed by atoms with Crippen molar-refractivity contribution >= 4 is 35.8 Å².